The highest BCUT2D eigenvalue weighted by Gasteiger charge is 2.18. The van der Waals surface area contributed by atoms with Crippen LogP contribution >= 0.6 is 0 Å². The molecule has 0 rings (SSSR count). The molecule has 0 spiro atoms. The number of hydrogen-bond acceptors (Lipinski definition) is 2. The Labute approximate surface area is 139 Å². The van der Waals surface area contributed by atoms with Gasteiger partial charge >= 0.3 is 0 Å². The Balaban J connectivity index is 3.90. The van der Waals surface area contributed by atoms with E-state index >= 15 is 0 Å². The summed E-state index contributed by atoms with van der Waals surface area (Å²) in [6.45, 7) is 4.43. The summed E-state index contributed by atoms with van der Waals surface area (Å²) in [7, 11) is -2.91. The third-order valence-electron chi connectivity index (χ3n) is 4.28. The lowest BCUT2D eigenvalue weighted by molar-refractivity contribution is 0.554. The van der Waals surface area contributed by atoms with Crippen LogP contribution in [0.15, 0.2) is 12.2 Å². The van der Waals surface area contributed by atoms with Gasteiger partial charge in [0.1, 0.15) is 0 Å². The summed E-state index contributed by atoms with van der Waals surface area (Å²) < 4.78 is 23.7. The molecule has 0 amide bonds. The summed E-state index contributed by atoms with van der Waals surface area (Å²) in [5, 5.41) is -0.175. The lowest BCUT2D eigenvalue weighted by Crippen LogP contribution is -2.19. The van der Waals surface area contributed by atoms with E-state index in [-0.39, 0.29) is 5.25 Å². The molecule has 0 aromatic rings. The Morgan fingerprint density at radius 2 is 1.32 bits per heavy atom. The van der Waals surface area contributed by atoms with Crippen LogP contribution in [0.4, 0.5) is 0 Å². The molecule has 1 atom stereocenters. The molecule has 0 fully saturated rings. The molecule has 0 aliphatic carbocycles. The molecule has 0 N–H and O–H groups in total. The molecule has 22 heavy (non-hydrogen) atoms. The fraction of sp³-hybridized carbons (Fsp3) is 0.895. The molecule has 0 radical (unpaired) electrons. The molecule has 0 aromatic heterocycles. The third-order valence-corrected chi connectivity index (χ3v) is 5.91. The first kappa shape index (κ1) is 21.7. The summed E-state index contributed by atoms with van der Waals surface area (Å²) in [5.74, 6) is 0. The minimum atomic E-state index is -2.91. The van der Waals surface area contributed by atoms with Gasteiger partial charge in [-0.2, -0.15) is 0 Å². The van der Waals surface area contributed by atoms with E-state index in [1.165, 1.54) is 64.0 Å². The number of unbranched alkanes of at least 4 members (excludes halogenated alkanes) is 9. The first-order chi connectivity index (χ1) is 10.5. The van der Waals surface area contributed by atoms with Crippen LogP contribution in [-0.2, 0) is 9.84 Å². The summed E-state index contributed by atoms with van der Waals surface area (Å²) in [6, 6.07) is 0. The molecule has 1 unspecified atom stereocenters. The minimum absolute atomic E-state index is 0.175. The summed E-state index contributed by atoms with van der Waals surface area (Å²) in [6.07, 6.45) is 20.7. The van der Waals surface area contributed by atoms with E-state index in [4.69, 9.17) is 0 Å². The topological polar surface area (TPSA) is 34.1 Å². The highest BCUT2D eigenvalue weighted by Crippen LogP contribution is 2.16. The van der Waals surface area contributed by atoms with Crippen LogP contribution in [0.5, 0.6) is 0 Å². The van der Waals surface area contributed by atoms with Crippen LogP contribution in [0, 0.1) is 0 Å². The number of allylic oxidation sites excluding steroid dienone is 2. The van der Waals surface area contributed by atoms with Crippen molar-refractivity contribution in [2.24, 2.45) is 0 Å². The Morgan fingerprint density at radius 3 is 1.86 bits per heavy atom. The van der Waals surface area contributed by atoms with E-state index in [9.17, 15) is 8.42 Å². The van der Waals surface area contributed by atoms with Gasteiger partial charge in [-0.1, -0.05) is 83.8 Å². The van der Waals surface area contributed by atoms with Crippen molar-refractivity contribution >= 4 is 9.84 Å². The van der Waals surface area contributed by atoms with Crippen LogP contribution in [0.25, 0.3) is 0 Å². The lowest BCUT2D eigenvalue weighted by Gasteiger charge is -2.12. The van der Waals surface area contributed by atoms with Crippen molar-refractivity contribution < 1.29 is 8.42 Å². The highest BCUT2D eigenvalue weighted by molar-refractivity contribution is 7.91. The Morgan fingerprint density at radius 1 is 0.773 bits per heavy atom. The molecule has 0 aromatic carbocycles. The molecule has 0 saturated carbocycles. The summed E-state index contributed by atoms with van der Waals surface area (Å²) >= 11 is 0. The van der Waals surface area contributed by atoms with Crippen molar-refractivity contribution in [2.45, 2.75) is 103 Å². The van der Waals surface area contributed by atoms with Gasteiger partial charge in [0.05, 0.1) is 5.25 Å². The molecule has 0 aliphatic heterocycles. The average molecular weight is 331 g/mol. The largest absolute Gasteiger partial charge is 0.229 e. The van der Waals surface area contributed by atoms with Crippen molar-refractivity contribution in [3.05, 3.63) is 12.2 Å². The molecule has 0 heterocycles. The fourth-order valence-corrected chi connectivity index (χ4v) is 3.77. The molecular formula is C19H38O2S. The van der Waals surface area contributed by atoms with Gasteiger partial charge in [0, 0.05) is 6.26 Å². The monoisotopic (exact) mass is 330 g/mol. The number of sulfone groups is 1. The molecule has 3 heteroatoms. The summed E-state index contributed by atoms with van der Waals surface area (Å²) in [5.41, 5.74) is 0. The molecule has 2 nitrogen and oxygen atoms in total. The van der Waals surface area contributed by atoms with Crippen LogP contribution in [-0.4, -0.2) is 19.9 Å². The SMILES string of the molecule is CCCCCCC/C=C/CC(CCCCCCC)S(C)(=O)=O. The van der Waals surface area contributed by atoms with E-state index in [2.05, 4.69) is 26.0 Å². The maximum Gasteiger partial charge on any atom is 0.150 e. The Kier molecular flexibility index (Phi) is 14.1. The first-order valence-electron chi connectivity index (χ1n) is 9.36. The van der Waals surface area contributed by atoms with Crippen molar-refractivity contribution in [3.63, 3.8) is 0 Å². The molecule has 0 aliphatic rings. The van der Waals surface area contributed by atoms with Crippen molar-refractivity contribution in [1.29, 1.82) is 0 Å². The second-order valence-electron chi connectivity index (χ2n) is 6.56. The van der Waals surface area contributed by atoms with Crippen LogP contribution in [0.3, 0.4) is 0 Å². The summed E-state index contributed by atoms with van der Waals surface area (Å²) in [4.78, 5) is 0. The van der Waals surface area contributed by atoms with Crippen LogP contribution in [0.2, 0.25) is 0 Å². The van der Waals surface area contributed by atoms with Gasteiger partial charge in [0.15, 0.2) is 9.84 Å². The lowest BCUT2D eigenvalue weighted by atomic mass is 10.1. The van der Waals surface area contributed by atoms with E-state index < -0.39 is 9.84 Å². The predicted octanol–water partition coefficient (Wildman–Crippen LogP) is 6.07. The van der Waals surface area contributed by atoms with Gasteiger partial charge < -0.3 is 0 Å². The Hall–Kier alpha value is -0.310. The predicted molar refractivity (Wildman–Crippen MR) is 99.1 cm³/mol. The second-order valence-corrected chi connectivity index (χ2v) is 8.89. The van der Waals surface area contributed by atoms with E-state index in [0.29, 0.717) is 6.42 Å². The van der Waals surface area contributed by atoms with Gasteiger partial charge in [-0.3, -0.25) is 0 Å². The second kappa shape index (κ2) is 14.3. The fourth-order valence-electron chi connectivity index (χ4n) is 2.71. The van der Waals surface area contributed by atoms with Gasteiger partial charge in [-0.05, 0) is 25.7 Å². The maximum absolute atomic E-state index is 11.9. The first-order valence-corrected chi connectivity index (χ1v) is 11.3. The zero-order chi connectivity index (χ0) is 16.7. The van der Waals surface area contributed by atoms with E-state index in [0.717, 1.165) is 19.3 Å². The van der Waals surface area contributed by atoms with Crippen molar-refractivity contribution in [3.8, 4) is 0 Å². The third kappa shape index (κ3) is 13.4. The molecule has 0 bridgehead atoms. The van der Waals surface area contributed by atoms with Gasteiger partial charge in [-0.25, -0.2) is 8.42 Å². The van der Waals surface area contributed by atoms with Gasteiger partial charge in [0.25, 0.3) is 0 Å². The minimum Gasteiger partial charge on any atom is -0.229 e. The average Bonchev–Trinajstić information content (AvgIpc) is 2.46. The molecular weight excluding hydrogens is 292 g/mol. The van der Waals surface area contributed by atoms with E-state index in [1.807, 2.05) is 0 Å². The quantitative estimate of drug-likeness (QED) is 0.270. The van der Waals surface area contributed by atoms with Gasteiger partial charge in [-0.15, -0.1) is 0 Å². The van der Waals surface area contributed by atoms with Crippen molar-refractivity contribution in [1.82, 2.24) is 0 Å². The zero-order valence-corrected chi connectivity index (χ0v) is 16.0. The molecule has 0 saturated heterocycles. The molecule has 132 valence electrons. The van der Waals surface area contributed by atoms with E-state index in [1.54, 1.807) is 0 Å². The van der Waals surface area contributed by atoms with Crippen molar-refractivity contribution in [2.75, 3.05) is 6.26 Å². The highest BCUT2D eigenvalue weighted by atomic mass is 32.2. The number of hydrogen-bond donors (Lipinski definition) is 0. The maximum atomic E-state index is 11.9. The van der Waals surface area contributed by atoms with Crippen LogP contribution < -0.4 is 0 Å². The number of rotatable bonds is 15. The smallest absolute Gasteiger partial charge is 0.150 e. The van der Waals surface area contributed by atoms with Gasteiger partial charge in [0.2, 0.25) is 0 Å². The zero-order valence-electron chi connectivity index (χ0n) is 15.1. The standard InChI is InChI=1S/C19H38O2S/c1-4-6-8-10-11-12-14-16-18-19(22(3,20)21)17-15-13-9-7-5-2/h14,16,19H,4-13,15,17-18H2,1-3H3/b16-14+. The van der Waals surface area contributed by atoms with Crippen LogP contribution in [0.1, 0.15) is 97.3 Å². The Bertz CT molecular complexity index is 358. The normalized spacial score (nSPS) is 13.8.